The Morgan fingerprint density at radius 3 is 2.72 bits per heavy atom. The molecule has 2 N–H and O–H groups in total. The second kappa shape index (κ2) is 9.08. The Balaban J connectivity index is 2.06. The number of hydrogen-bond acceptors (Lipinski definition) is 4. The van der Waals surface area contributed by atoms with E-state index in [2.05, 4.69) is 16.8 Å². The fraction of sp³-hybridized carbons (Fsp3) is 0.444. The Hall–Kier alpha value is -2.54. The van der Waals surface area contributed by atoms with E-state index in [1.807, 2.05) is 37.3 Å². The molecule has 25 heavy (non-hydrogen) atoms. The third kappa shape index (κ3) is 5.22. The highest BCUT2D eigenvalue weighted by atomic mass is 16.5. The van der Waals surface area contributed by atoms with Crippen LogP contribution in [0.5, 0.6) is 0 Å². The normalized spacial score (nSPS) is 19.1. The molecule has 1 heterocycles. The lowest BCUT2D eigenvalue weighted by atomic mass is 10.0. The van der Waals surface area contributed by atoms with Crippen LogP contribution in [0.1, 0.15) is 18.5 Å². The summed E-state index contributed by atoms with van der Waals surface area (Å²) in [6.07, 6.45) is 0.133. The van der Waals surface area contributed by atoms with Gasteiger partial charge in [0.2, 0.25) is 0 Å². The van der Waals surface area contributed by atoms with Crippen molar-refractivity contribution in [2.75, 3.05) is 32.8 Å². The third-order valence-electron chi connectivity index (χ3n) is 4.30. The predicted molar refractivity (Wildman–Crippen MR) is 94.5 cm³/mol. The molecule has 1 aliphatic heterocycles. The molecule has 2 rings (SSSR count). The van der Waals surface area contributed by atoms with Gasteiger partial charge in [-0.25, -0.2) is 9.59 Å². The molecule has 1 saturated heterocycles. The standard InChI is InChI=1S/C18H25N3O4/c1-3-11-25-17(22)19-12-16(15-7-5-4-6-8-15)20-9-10-21(18(23)24)14(2)13-20/h3-8,14,16H,1,9-13H2,2H3,(H,19,22)(H,23,24)/t14-,16-/m1/s1. The fourth-order valence-electron chi connectivity index (χ4n) is 3.05. The quantitative estimate of drug-likeness (QED) is 0.772. The van der Waals surface area contributed by atoms with Crippen LogP contribution in [0.2, 0.25) is 0 Å². The van der Waals surface area contributed by atoms with E-state index in [1.54, 1.807) is 0 Å². The number of carboxylic acid groups (broad SMARTS) is 1. The molecule has 0 unspecified atom stereocenters. The molecule has 136 valence electrons. The number of amides is 2. The summed E-state index contributed by atoms with van der Waals surface area (Å²) in [6, 6.07) is 9.72. The summed E-state index contributed by atoms with van der Waals surface area (Å²) in [6.45, 7) is 7.62. The van der Waals surface area contributed by atoms with Gasteiger partial charge in [-0.1, -0.05) is 43.0 Å². The monoisotopic (exact) mass is 347 g/mol. The topological polar surface area (TPSA) is 82.1 Å². The molecule has 0 bridgehead atoms. The Kier molecular flexibility index (Phi) is 6.82. The number of hydrogen-bond donors (Lipinski definition) is 2. The lowest BCUT2D eigenvalue weighted by Crippen LogP contribution is -2.55. The van der Waals surface area contributed by atoms with Crippen LogP contribution in [0.15, 0.2) is 43.0 Å². The second-order valence-corrected chi connectivity index (χ2v) is 6.01. The highest BCUT2D eigenvalue weighted by molar-refractivity contribution is 5.67. The molecule has 1 aromatic rings. The minimum atomic E-state index is -0.894. The highest BCUT2D eigenvalue weighted by Crippen LogP contribution is 2.23. The van der Waals surface area contributed by atoms with Gasteiger partial charge in [-0.15, -0.1) is 0 Å². The maximum atomic E-state index is 11.7. The number of nitrogens with one attached hydrogen (secondary N) is 1. The number of rotatable bonds is 6. The first kappa shape index (κ1) is 18.8. The van der Waals surface area contributed by atoms with E-state index in [4.69, 9.17) is 4.74 Å². The predicted octanol–water partition coefficient (Wildman–Crippen LogP) is 2.32. The molecule has 0 saturated carbocycles. The van der Waals surface area contributed by atoms with E-state index < -0.39 is 12.2 Å². The van der Waals surface area contributed by atoms with Crippen LogP contribution in [0, 0.1) is 0 Å². The Morgan fingerprint density at radius 1 is 1.40 bits per heavy atom. The lowest BCUT2D eigenvalue weighted by Gasteiger charge is -2.42. The number of piperazine rings is 1. The largest absolute Gasteiger partial charge is 0.465 e. The van der Waals surface area contributed by atoms with Crippen LogP contribution in [0.4, 0.5) is 9.59 Å². The number of nitrogens with zero attached hydrogens (tertiary/aromatic N) is 2. The number of benzene rings is 1. The molecule has 1 aromatic carbocycles. The van der Waals surface area contributed by atoms with Gasteiger partial charge in [-0.05, 0) is 12.5 Å². The van der Waals surface area contributed by atoms with E-state index in [0.717, 1.165) is 5.56 Å². The molecule has 0 radical (unpaired) electrons. The van der Waals surface area contributed by atoms with Crippen molar-refractivity contribution in [1.82, 2.24) is 15.1 Å². The molecule has 0 spiro atoms. The number of ether oxygens (including phenoxy) is 1. The molecule has 1 fully saturated rings. The van der Waals surface area contributed by atoms with Gasteiger partial charge in [0, 0.05) is 32.2 Å². The summed E-state index contributed by atoms with van der Waals surface area (Å²) < 4.78 is 4.96. The summed E-state index contributed by atoms with van der Waals surface area (Å²) in [5, 5.41) is 12.0. The maximum absolute atomic E-state index is 11.7. The van der Waals surface area contributed by atoms with E-state index in [-0.39, 0.29) is 18.7 Å². The van der Waals surface area contributed by atoms with Crippen molar-refractivity contribution in [3.63, 3.8) is 0 Å². The minimum Gasteiger partial charge on any atom is -0.465 e. The molecule has 7 nitrogen and oxygen atoms in total. The summed E-state index contributed by atoms with van der Waals surface area (Å²) in [5.41, 5.74) is 1.07. The summed E-state index contributed by atoms with van der Waals surface area (Å²) in [4.78, 5) is 26.6. The second-order valence-electron chi connectivity index (χ2n) is 6.01. The highest BCUT2D eigenvalue weighted by Gasteiger charge is 2.31. The average Bonchev–Trinajstić information content (AvgIpc) is 2.60. The molecular weight excluding hydrogens is 322 g/mol. The van der Waals surface area contributed by atoms with Crippen molar-refractivity contribution in [3.8, 4) is 0 Å². The van der Waals surface area contributed by atoms with Gasteiger partial charge in [0.15, 0.2) is 0 Å². The Morgan fingerprint density at radius 2 is 2.12 bits per heavy atom. The SMILES string of the molecule is C=CCOC(=O)NC[C@H](c1ccccc1)N1CCN(C(=O)O)[C@H](C)C1. The molecule has 0 aliphatic carbocycles. The lowest BCUT2D eigenvalue weighted by molar-refractivity contribution is 0.0530. The Bertz CT molecular complexity index is 593. The Labute approximate surface area is 147 Å². The van der Waals surface area contributed by atoms with Gasteiger partial charge in [0.05, 0.1) is 6.04 Å². The average molecular weight is 347 g/mol. The first-order chi connectivity index (χ1) is 12.0. The summed E-state index contributed by atoms with van der Waals surface area (Å²) >= 11 is 0. The first-order valence-corrected chi connectivity index (χ1v) is 8.33. The van der Waals surface area contributed by atoms with Crippen molar-refractivity contribution in [2.24, 2.45) is 0 Å². The van der Waals surface area contributed by atoms with E-state index >= 15 is 0 Å². The van der Waals surface area contributed by atoms with Gasteiger partial charge in [0.25, 0.3) is 0 Å². The van der Waals surface area contributed by atoms with Crippen molar-refractivity contribution >= 4 is 12.2 Å². The molecule has 2 amide bonds. The number of carbonyl (C=O) groups is 2. The maximum Gasteiger partial charge on any atom is 0.407 e. The van der Waals surface area contributed by atoms with E-state index in [9.17, 15) is 14.7 Å². The zero-order valence-electron chi connectivity index (χ0n) is 14.4. The number of carbonyl (C=O) groups excluding carboxylic acids is 1. The van der Waals surface area contributed by atoms with Crippen LogP contribution in [-0.4, -0.2) is 65.9 Å². The molecule has 7 heteroatoms. The van der Waals surface area contributed by atoms with Gasteiger partial charge in [-0.3, -0.25) is 4.90 Å². The third-order valence-corrected chi connectivity index (χ3v) is 4.30. The summed E-state index contributed by atoms with van der Waals surface area (Å²) in [7, 11) is 0. The molecule has 0 aromatic heterocycles. The van der Waals surface area contributed by atoms with Crippen LogP contribution in [0.25, 0.3) is 0 Å². The smallest absolute Gasteiger partial charge is 0.407 e. The minimum absolute atomic E-state index is 0.0455. The zero-order valence-corrected chi connectivity index (χ0v) is 14.4. The molecule has 1 aliphatic rings. The van der Waals surface area contributed by atoms with Crippen molar-refractivity contribution in [2.45, 2.75) is 19.0 Å². The fourth-order valence-corrected chi connectivity index (χ4v) is 3.05. The van der Waals surface area contributed by atoms with Crippen molar-refractivity contribution in [1.29, 1.82) is 0 Å². The number of alkyl carbamates (subject to hydrolysis) is 1. The van der Waals surface area contributed by atoms with Gasteiger partial charge < -0.3 is 20.1 Å². The van der Waals surface area contributed by atoms with Crippen LogP contribution in [0.3, 0.4) is 0 Å². The van der Waals surface area contributed by atoms with Crippen LogP contribution in [-0.2, 0) is 4.74 Å². The van der Waals surface area contributed by atoms with Crippen LogP contribution >= 0.6 is 0 Å². The van der Waals surface area contributed by atoms with Gasteiger partial charge in [-0.2, -0.15) is 0 Å². The first-order valence-electron chi connectivity index (χ1n) is 8.33. The van der Waals surface area contributed by atoms with Gasteiger partial charge >= 0.3 is 12.2 Å². The summed E-state index contributed by atoms with van der Waals surface area (Å²) in [5.74, 6) is 0. The van der Waals surface area contributed by atoms with E-state index in [0.29, 0.717) is 26.2 Å². The van der Waals surface area contributed by atoms with Crippen molar-refractivity contribution in [3.05, 3.63) is 48.6 Å². The van der Waals surface area contributed by atoms with Gasteiger partial charge in [0.1, 0.15) is 6.61 Å². The van der Waals surface area contributed by atoms with Crippen molar-refractivity contribution < 1.29 is 19.4 Å². The van der Waals surface area contributed by atoms with Crippen LogP contribution < -0.4 is 5.32 Å². The zero-order chi connectivity index (χ0) is 18.2. The molecule has 2 atom stereocenters. The molecular formula is C18H25N3O4. The van der Waals surface area contributed by atoms with E-state index in [1.165, 1.54) is 11.0 Å².